The van der Waals surface area contributed by atoms with Crippen LogP contribution >= 0.6 is 0 Å². The summed E-state index contributed by atoms with van der Waals surface area (Å²) in [6, 6.07) is 9.24. The maximum Gasteiger partial charge on any atom is 0.346 e. The van der Waals surface area contributed by atoms with Crippen molar-refractivity contribution < 1.29 is 36.2 Å². The maximum atomic E-state index is 14.9. The van der Waals surface area contributed by atoms with Gasteiger partial charge in [0.05, 0.1) is 12.2 Å². The van der Waals surface area contributed by atoms with Gasteiger partial charge in [0.15, 0.2) is 23.2 Å². The van der Waals surface area contributed by atoms with Crippen molar-refractivity contribution in [2.24, 2.45) is 0 Å². The molecule has 0 N–H and O–H groups in total. The Bertz CT molecular complexity index is 1280. The molecular weight excluding hydrogens is 479 g/mol. The van der Waals surface area contributed by atoms with Gasteiger partial charge in [0.25, 0.3) is 0 Å². The van der Waals surface area contributed by atoms with Crippen LogP contribution < -0.4 is 9.47 Å². The lowest BCUT2D eigenvalue weighted by Crippen LogP contribution is -2.15. The van der Waals surface area contributed by atoms with Gasteiger partial charge in [0, 0.05) is 6.07 Å². The quantitative estimate of drug-likeness (QED) is 0.196. The number of esters is 1. The minimum atomic E-state index is -1.41. The molecular formula is C28H25F5O3. The molecule has 0 saturated heterocycles. The molecule has 0 spiro atoms. The molecule has 36 heavy (non-hydrogen) atoms. The predicted octanol–water partition coefficient (Wildman–Crippen LogP) is 7.75. The van der Waals surface area contributed by atoms with E-state index in [1.165, 1.54) is 19.1 Å². The van der Waals surface area contributed by atoms with E-state index in [9.17, 15) is 26.7 Å². The minimum Gasteiger partial charge on any atom is -0.491 e. The molecule has 3 nitrogen and oxygen atoms in total. The standard InChI is InChI=1S/C28H25F5O3/c1-3-35-23-13-12-21(26(32)27(23)33)28(34)36-18-9-11-19(22(29)14-18)16-5-7-17(8-6-16)20-10-4-15(2)24(30)25(20)31/h4,9-14,16-17H,3,5-8H2,1-2H3. The van der Waals surface area contributed by atoms with Gasteiger partial charge in [-0.1, -0.05) is 18.2 Å². The highest BCUT2D eigenvalue weighted by Gasteiger charge is 2.28. The van der Waals surface area contributed by atoms with Crippen LogP contribution in [0, 0.1) is 36.0 Å². The Morgan fingerprint density at radius 3 is 2.08 bits per heavy atom. The highest BCUT2D eigenvalue weighted by atomic mass is 19.2. The third-order valence-corrected chi connectivity index (χ3v) is 6.66. The van der Waals surface area contributed by atoms with Crippen molar-refractivity contribution in [1.29, 1.82) is 0 Å². The van der Waals surface area contributed by atoms with Crippen molar-refractivity contribution in [3.8, 4) is 11.5 Å². The third-order valence-electron chi connectivity index (χ3n) is 6.66. The fraction of sp³-hybridized carbons (Fsp3) is 0.321. The Hall–Kier alpha value is -3.42. The molecule has 0 bridgehead atoms. The van der Waals surface area contributed by atoms with Gasteiger partial charge in [0.1, 0.15) is 11.6 Å². The van der Waals surface area contributed by atoms with Crippen molar-refractivity contribution in [2.75, 3.05) is 6.61 Å². The van der Waals surface area contributed by atoms with Crippen LogP contribution in [0.4, 0.5) is 22.0 Å². The van der Waals surface area contributed by atoms with Gasteiger partial charge in [-0.3, -0.25) is 0 Å². The van der Waals surface area contributed by atoms with Gasteiger partial charge in [-0.05, 0) is 86.3 Å². The minimum absolute atomic E-state index is 0.120. The largest absolute Gasteiger partial charge is 0.491 e. The second-order valence-electron chi connectivity index (χ2n) is 8.89. The normalized spacial score (nSPS) is 17.6. The van der Waals surface area contributed by atoms with Crippen molar-refractivity contribution in [3.05, 3.63) is 93.8 Å². The zero-order chi connectivity index (χ0) is 26.0. The molecule has 0 unspecified atom stereocenters. The van der Waals surface area contributed by atoms with E-state index < -0.39 is 40.6 Å². The van der Waals surface area contributed by atoms with E-state index in [2.05, 4.69) is 0 Å². The topological polar surface area (TPSA) is 35.5 Å². The van der Waals surface area contributed by atoms with E-state index in [1.54, 1.807) is 19.1 Å². The summed E-state index contributed by atoms with van der Waals surface area (Å²) in [5, 5.41) is 0. The van der Waals surface area contributed by atoms with Gasteiger partial charge < -0.3 is 9.47 Å². The van der Waals surface area contributed by atoms with Gasteiger partial charge in [-0.2, -0.15) is 4.39 Å². The number of hydrogen-bond acceptors (Lipinski definition) is 3. The first kappa shape index (κ1) is 25.7. The molecule has 3 aromatic carbocycles. The Morgan fingerprint density at radius 2 is 1.44 bits per heavy atom. The molecule has 1 aliphatic rings. The maximum absolute atomic E-state index is 14.9. The summed E-state index contributed by atoms with van der Waals surface area (Å²) in [4.78, 5) is 12.3. The summed E-state index contributed by atoms with van der Waals surface area (Å²) in [6.45, 7) is 3.24. The van der Waals surface area contributed by atoms with Crippen LogP contribution in [0.1, 0.15) is 71.5 Å². The van der Waals surface area contributed by atoms with Crippen molar-refractivity contribution in [3.63, 3.8) is 0 Å². The smallest absolute Gasteiger partial charge is 0.346 e. The zero-order valence-electron chi connectivity index (χ0n) is 19.8. The van der Waals surface area contributed by atoms with E-state index in [0.717, 1.165) is 18.2 Å². The van der Waals surface area contributed by atoms with Gasteiger partial charge >= 0.3 is 5.97 Å². The summed E-state index contributed by atoms with van der Waals surface area (Å²) in [6.07, 6.45) is 2.30. The van der Waals surface area contributed by atoms with Crippen LogP contribution in [0.2, 0.25) is 0 Å². The number of carbonyl (C=O) groups excluding carboxylic acids is 1. The van der Waals surface area contributed by atoms with Crippen LogP contribution in [0.15, 0.2) is 42.5 Å². The number of halogens is 5. The van der Waals surface area contributed by atoms with E-state index in [4.69, 9.17) is 9.47 Å². The van der Waals surface area contributed by atoms with Gasteiger partial charge in [-0.25, -0.2) is 22.4 Å². The van der Waals surface area contributed by atoms with Crippen molar-refractivity contribution >= 4 is 5.97 Å². The highest BCUT2D eigenvalue weighted by Crippen LogP contribution is 2.42. The fourth-order valence-corrected chi connectivity index (χ4v) is 4.71. The van der Waals surface area contributed by atoms with Crippen molar-refractivity contribution in [1.82, 2.24) is 0 Å². The summed E-state index contributed by atoms with van der Waals surface area (Å²) < 4.78 is 81.6. The zero-order valence-corrected chi connectivity index (χ0v) is 19.8. The average Bonchev–Trinajstić information content (AvgIpc) is 2.86. The number of rotatable bonds is 6. The Morgan fingerprint density at radius 1 is 0.806 bits per heavy atom. The number of aryl methyl sites for hydroxylation is 1. The van der Waals surface area contributed by atoms with Crippen LogP contribution in [-0.4, -0.2) is 12.6 Å². The monoisotopic (exact) mass is 504 g/mol. The second kappa shape index (κ2) is 10.7. The summed E-state index contributed by atoms with van der Waals surface area (Å²) in [5.41, 5.74) is 0.376. The van der Waals surface area contributed by atoms with Crippen LogP contribution in [0.3, 0.4) is 0 Å². The lowest BCUT2D eigenvalue weighted by molar-refractivity contribution is 0.0728. The SMILES string of the molecule is CCOc1ccc(C(=O)Oc2ccc(C3CCC(c4ccc(C)c(F)c4F)CC3)c(F)c2)c(F)c1F. The molecule has 1 saturated carbocycles. The first-order valence-corrected chi connectivity index (χ1v) is 11.8. The van der Waals surface area contributed by atoms with Crippen LogP contribution in [0.25, 0.3) is 0 Å². The lowest BCUT2D eigenvalue weighted by atomic mass is 9.76. The number of hydrogen-bond donors (Lipinski definition) is 0. The summed E-state index contributed by atoms with van der Waals surface area (Å²) in [5.74, 6) is -6.91. The van der Waals surface area contributed by atoms with E-state index >= 15 is 0 Å². The second-order valence-corrected chi connectivity index (χ2v) is 8.89. The molecule has 1 fully saturated rings. The molecule has 0 atom stereocenters. The molecule has 3 aromatic rings. The first-order chi connectivity index (χ1) is 17.2. The fourth-order valence-electron chi connectivity index (χ4n) is 4.71. The molecule has 0 aliphatic heterocycles. The molecule has 0 amide bonds. The van der Waals surface area contributed by atoms with E-state index in [-0.39, 0.29) is 35.5 Å². The molecule has 0 heterocycles. The number of benzene rings is 3. The van der Waals surface area contributed by atoms with Crippen LogP contribution in [0.5, 0.6) is 11.5 Å². The summed E-state index contributed by atoms with van der Waals surface area (Å²) in [7, 11) is 0. The van der Waals surface area contributed by atoms with Crippen molar-refractivity contribution in [2.45, 2.75) is 51.4 Å². The van der Waals surface area contributed by atoms with E-state index in [1.807, 2.05) is 0 Å². The average molecular weight is 504 g/mol. The number of ether oxygens (including phenoxy) is 2. The first-order valence-electron chi connectivity index (χ1n) is 11.8. The molecule has 4 rings (SSSR count). The molecule has 1 aliphatic carbocycles. The summed E-state index contributed by atoms with van der Waals surface area (Å²) >= 11 is 0. The van der Waals surface area contributed by atoms with E-state index in [0.29, 0.717) is 36.8 Å². The van der Waals surface area contributed by atoms with Gasteiger partial charge in [-0.15, -0.1) is 0 Å². The van der Waals surface area contributed by atoms with Crippen LogP contribution in [-0.2, 0) is 0 Å². The van der Waals surface area contributed by atoms with Gasteiger partial charge in [0.2, 0.25) is 5.82 Å². The highest BCUT2D eigenvalue weighted by molar-refractivity contribution is 5.91. The Labute approximate surface area is 205 Å². The Kier molecular flexibility index (Phi) is 7.62. The third kappa shape index (κ3) is 5.08. The lowest BCUT2D eigenvalue weighted by Gasteiger charge is -2.29. The molecule has 8 heteroatoms. The molecule has 0 aromatic heterocycles. The molecule has 0 radical (unpaired) electrons. The number of carbonyl (C=O) groups is 1. The molecule has 190 valence electrons. The Balaban J connectivity index is 1.43. The predicted molar refractivity (Wildman–Crippen MR) is 124 cm³/mol.